The first-order valence-corrected chi connectivity index (χ1v) is 7.75. The molecule has 0 saturated carbocycles. The number of carbonyl (C=O) groups excluding carboxylic acids is 1. The molecule has 4 rings (SSSR count). The Bertz CT molecular complexity index is 1110. The molecule has 0 N–H and O–H groups in total. The quantitative estimate of drug-likeness (QED) is 0.522. The number of carbonyl (C=O) groups is 1. The Kier molecular flexibility index (Phi) is 4.00. The number of esters is 1. The van der Waals surface area contributed by atoms with Crippen LogP contribution < -0.4 is 0 Å². The lowest BCUT2D eigenvalue weighted by molar-refractivity contribution is 0.0387. The smallest absolute Gasteiger partial charge is 0.338 e. The number of fused-ring (bicyclic) bond motifs is 2. The second kappa shape index (κ2) is 6.47. The van der Waals surface area contributed by atoms with Crippen LogP contribution in [0.1, 0.15) is 22.7 Å². The third-order valence-electron chi connectivity index (χ3n) is 3.90. The molecular weight excluding hydrogens is 342 g/mol. The van der Waals surface area contributed by atoms with Crippen molar-refractivity contribution in [2.45, 2.75) is 13.2 Å². The standard InChI is InChI=1S/C18H12F2N4O2/c19-18(20)24-15-4-2-1-3-13(15)23-16(24)10-26-17(25)11-5-6-12-14(9-11)22-8-7-21-12/h1-9,18H,10H2. The van der Waals surface area contributed by atoms with Crippen LogP contribution in [0.4, 0.5) is 8.78 Å². The third kappa shape index (κ3) is 2.85. The van der Waals surface area contributed by atoms with Crippen LogP contribution in [0.25, 0.3) is 22.1 Å². The highest BCUT2D eigenvalue weighted by Crippen LogP contribution is 2.23. The van der Waals surface area contributed by atoms with Crippen molar-refractivity contribution in [2.75, 3.05) is 0 Å². The van der Waals surface area contributed by atoms with Gasteiger partial charge in [0.1, 0.15) is 6.61 Å². The number of nitrogens with zero attached hydrogens (tertiary/aromatic N) is 4. The number of halogens is 2. The molecule has 0 spiro atoms. The van der Waals surface area contributed by atoms with E-state index < -0.39 is 12.5 Å². The minimum atomic E-state index is -2.79. The number of imidazole rings is 1. The Morgan fingerprint density at radius 2 is 1.81 bits per heavy atom. The fourth-order valence-corrected chi connectivity index (χ4v) is 2.72. The van der Waals surface area contributed by atoms with Gasteiger partial charge in [0, 0.05) is 12.4 Å². The number of alkyl halides is 2. The summed E-state index contributed by atoms with van der Waals surface area (Å²) >= 11 is 0. The number of ether oxygens (including phenoxy) is 1. The molecule has 0 aliphatic rings. The lowest BCUT2D eigenvalue weighted by atomic mass is 10.2. The van der Waals surface area contributed by atoms with E-state index in [1.807, 2.05) is 0 Å². The predicted molar refractivity (Wildman–Crippen MR) is 89.6 cm³/mol. The van der Waals surface area contributed by atoms with Crippen LogP contribution in [-0.2, 0) is 11.3 Å². The van der Waals surface area contributed by atoms with Gasteiger partial charge in [0.05, 0.1) is 27.6 Å². The predicted octanol–water partition coefficient (Wildman–Crippen LogP) is 3.73. The number of hydrogen-bond donors (Lipinski definition) is 0. The maximum atomic E-state index is 13.4. The summed E-state index contributed by atoms with van der Waals surface area (Å²) in [5.74, 6) is -0.666. The van der Waals surface area contributed by atoms with Gasteiger partial charge in [-0.1, -0.05) is 12.1 Å². The van der Waals surface area contributed by atoms with Gasteiger partial charge < -0.3 is 4.74 Å². The molecule has 0 radical (unpaired) electrons. The molecule has 6 nitrogen and oxygen atoms in total. The molecule has 2 aromatic carbocycles. The Hall–Kier alpha value is -3.42. The fraction of sp³-hybridized carbons (Fsp3) is 0.111. The zero-order valence-electron chi connectivity index (χ0n) is 13.3. The SMILES string of the molecule is O=C(OCc1nc2ccccc2n1C(F)F)c1ccc2nccnc2c1. The second-order valence-corrected chi connectivity index (χ2v) is 5.50. The van der Waals surface area contributed by atoms with E-state index in [4.69, 9.17) is 4.74 Å². The molecule has 2 heterocycles. The van der Waals surface area contributed by atoms with Crippen LogP contribution in [0, 0.1) is 0 Å². The van der Waals surface area contributed by atoms with E-state index in [-0.39, 0.29) is 23.5 Å². The first-order valence-electron chi connectivity index (χ1n) is 7.75. The number of aromatic nitrogens is 4. The van der Waals surface area contributed by atoms with Crippen LogP contribution in [-0.4, -0.2) is 25.5 Å². The Morgan fingerprint density at radius 1 is 1.04 bits per heavy atom. The van der Waals surface area contributed by atoms with E-state index in [0.717, 1.165) is 4.57 Å². The molecule has 130 valence electrons. The van der Waals surface area contributed by atoms with Crippen LogP contribution in [0.3, 0.4) is 0 Å². The van der Waals surface area contributed by atoms with Gasteiger partial charge in [0.2, 0.25) is 0 Å². The molecule has 4 aromatic rings. The number of hydrogen-bond acceptors (Lipinski definition) is 5. The van der Waals surface area contributed by atoms with Crippen LogP contribution >= 0.6 is 0 Å². The summed E-state index contributed by atoms with van der Waals surface area (Å²) in [5, 5.41) is 0. The molecule has 0 saturated heterocycles. The Morgan fingerprint density at radius 3 is 2.62 bits per heavy atom. The normalized spacial score (nSPS) is 11.3. The number of para-hydroxylation sites is 2. The zero-order chi connectivity index (χ0) is 18.1. The van der Waals surface area contributed by atoms with E-state index in [1.165, 1.54) is 6.20 Å². The molecular formula is C18H12F2N4O2. The van der Waals surface area contributed by atoms with Gasteiger partial charge in [-0.05, 0) is 30.3 Å². The molecule has 2 aromatic heterocycles. The van der Waals surface area contributed by atoms with E-state index in [2.05, 4.69) is 15.0 Å². The highest BCUT2D eigenvalue weighted by Gasteiger charge is 2.19. The third-order valence-corrected chi connectivity index (χ3v) is 3.90. The summed E-state index contributed by atoms with van der Waals surface area (Å²) < 4.78 is 32.7. The van der Waals surface area contributed by atoms with Crippen molar-refractivity contribution in [2.24, 2.45) is 0 Å². The molecule has 0 aliphatic heterocycles. The molecule has 0 aliphatic carbocycles. The highest BCUT2D eigenvalue weighted by atomic mass is 19.3. The highest BCUT2D eigenvalue weighted by molar-refractivity contribution is 5.93. The van der Waals surface area contributed by atoms with Crippen molar-refractivity contribution in [3.8, 4) is 0 Å². The van der Waals surface area contributed by atoms with Crippen molar-refractivity contribution in [3.05, 3.63) is 66.2 Å². The molecule has 0 unspecified atom stereocenters. The summed E-state index contributed by atoms with van der Waals surface area (Å²) in [5.41, 5.74) is 2.15. The van der Waals surface area contributed by atoms with Crippen molar-refractivity contribution < 1.29 is 18.3 Å². The summed E-state index contributed by atoms with van der Waals surface area (Å²) in [6.45, 7) is -3.15. The van der Waals surface area contributed by atoms with Crippen LogP contribution in [0.2, 0.25) is 0 Å². The maximum absolute atomic E-state index is 13.4. The van der Waals surface area contributed by atoms with Gasteiger partial charge in [-0.2, -0.15) is 8.78 Å². The van der Waals surface area contributed by atoms with Crippen LogP contribution in [0.5, 0.6) is 0 Å². The van der Waals surface area contributed by atoms with E-state index >= 15 is 0 Å². The average molecular weight is 354 g/mol. The zero-order valence-corrected chi connectivity index (χ0v) is 13.3. The summed E-state index contributed by atoms with van der Waals surface area (Å²) in [7, 11) is 0. The van der Waals surface area contributed by atoms with Crippen molar-refractivity contribution in [3.63, 3.8) is 0 Å². The molecule has 0 amide bonds. The summed E-state index contributed by atoms with van der Waals surface area (Å²) in [6.07, 6.45) is 3.07. The molecule has 8 heteroatoms. The van der Waals surface area contributed by atoms with E-state index in [9.17, 15) is 13.6 Å². The molecule has 26 heavy (non-hydrogen) atoms. The van der Waals surface area contributed by atoms with Gasteiger partial charge in [-0.15, -0.1) is 0 Å². The first kappa shape index (κ1) is 16.1. The van der Waals surface area contributed by atoms with Gasteiger partial charge >= 0.3 is 12.5 Å². The van der Waals surface area contributed by atoms with E-state index in [0.29, 0.717) is 16.6 Å². The maximum Gasteiger partial charge on any atom is 0.338 e. The van der Waals surface area contributed by atoms with Crippen LogP contribution in [0.15, 0.2) is 54.9 Å². The lowest BCUT2D eigenvalue weighted by Gasteiger charge is -2.08. The van der Waals surface area contributed by atoms with Crippen molar-refractivity contribution >= 4 is 28.0 Å². The average Bonchev–Trinajstić information content (AvgIpc) is 3.04. The molecule has 0 atom stereocenters. The van der Waals surface area contributed by atoms with Crippen molar-refractivity contribution in [1.82, 2.24) is 19.5 Å². The van der Waals surface area contributed by atoms with E-state index in [1.54, 1.807) is 48.7 Å². The first-order chi connectivity index (χ1) is 12.6. The topological polar surface area (TPSA) is 69.9 Å². The largest absolute Gasteiger partial charge is 0.454 e. The van der Waals surface area contributed by atoms with Gasteiger partial charge in [0.25, 0.3) is 0 Å². The summed E-state index contributed by atoms with van der Waals surface area (Å²) in [4.78, 5) is 24.6. The molecule has 0 fully saturated rings. The van der Waals surface area contributed by atoms with Gasteiger partial charge in [-0.25, -0.2) is 9.78 Å². The lowest BCUT2D eigenvalue weighted by Crippen LogP contribution is -2.10. The van der Waals surface area contributed by atoms with Crippen molar-refractivity contribution in [1.29, 1.82) is 0 Å². The number of rotatable bonds is 4. The Balaban J connectivity index is 1.59. The molecule has 0 bridgehead atoms. The monoisotopic (exact) mass is 354 g/mol. The fourth-order valence-electron chi connectivity index (χ4n) is 2.72. The van der Waals surface area contributed by atoms with Gasteiger partial charge in [-0.3, -0.25) is 14.5 Å². The second-order valence-electron chi connectivity index (χ2n) is 5.50. The Labute approximate surface area is 146 Å². The minimum Gasteiger partial charge on any atom is -0.454 e. The summed E-state index contributed by atoms with van der Waals surface area (Å²) in [6, 6.07) is 11.3. The van der Waals surface area contributed by atoms with Gasteiger partial charge in [0.15, 0.2) is 5.82 Å². The number of benzene rings is 2. The minimum absolute atomic E-state index is 0.0184.